The Morgan fingerprint density at radius 1 is 1.30 bits per heavy atom. The van der Waals surface area contributed by atoms with Gasteiger partial charge in [0, 0.05) is 6.07 Å². The van der Waals surface area contributed by atoms with Crippen molar-refractivity contribution in [3.05, 3.63) is 47.2 Å². The normalized spacial score (nSPS) is 10.7. The van der Waals surface area contributed by atoms with E-state index in [9.17, 15) is 13.6 Å². The molecule has 0 radical (unpaired) electrons. The standard InChI is InChI=1S/C12H10F2N2O4/c13-8-2-1-7(9(14)4-8)3-10-15-16-11(20-10)5-19-6-12(17)18/h1-2,4H,3,5-6H2,(H,17,18). The molecular weight excluding hydrogens is 274 g/mol. The van der Waals surface area contributed by atoms with E-state index in [-0.39, 0.29) is 30.4 Å². The Labute approximate surface area is 112 Å². The van der Waals surface area contributed by atoms with Gasteiger partial charge >= 0.3 is 5.97 Å². The van der Waals surface area contributed by atoms with Gasteiger partial charge in [0.1, 0.15) is 24.8 Å². The van der Waals surface area contributed by atoms with Gasteiger partial charge in [-0.15, -0.1) is 10.2 Å². The molecule has 0 aliphatic rings. The molecule has 1 aromatic heterocycles. The van der Waals surface area contributed by atoms with Gasteiger partial charge in [0.05, 0.1) is 6.42 Å². The summed E-state index contributed by atoms with van der Waals surface area (Å²) in [7, 11) is 0. The van der Waals surface area contributed by atoms with Gasteiger partial charge < -0.3 is 14.3 Å². The Hall–Kier alpha value is -2.35. The number of rotatable bonds is 6. The molecule has 0 saturated heterocycles. The Balaban J connectivity index is 1.97. The van der Waals surface area contributed by atoms with Gasteiger partial charge in [0.2, 0.25) is 11.8 Å². The molecule has 0 fully saturated rings. The predicted octanol–water partition coefficient (Wildman–Crippen LogP) is 1.54. The maximum absolute atomic E-state index is 13.4. The highest BCUT2D eigenvalue weighted by Gasteiger charge is 2.11. The molecule has 8 heteroatoms. The zero-order chi connectivity index (χ0) is 14.5. The lowest BCUT2D eigenvalue weighted by Crippen LogP contribution is -2.06. The molecule has 2 rings (SSSR count). The average Bonchev–Trinajstić information content (AvgIpc) is 2.80. The van der Waals surface area contributed by atoms with Gasteiger partial charge in [0.15, 0.2) is 0 Å². The fraction of sp³-hybridized carbons (Fsp3) is 0.250. The smallest absolute Gasteiger partial charge is 0.329 e. The molecule has 0 aliphatic carbocycles. The Kier molecular flexibility index (Phi) is 4.36. The number of halogens is 2. The van der Waals surface area contributed by atoms with Crippen molar-refractivity contribution in [2.45, 2.75) is 13.0 Å². The summed E-state index contributed by atoms with van der Waals surface area (Å²) in [6.07, 6.45) is 0.0119. The molecule has 106 valence electrons. The molecule has 2 aromatic rings. The third kappa shape index (κ3) is 3.82. The zero-order valence-corrected chi connectivity index (χ0v) is 10.2. The highest BCUT2D eigenvalue weighted by atomic mass is 19.1. The topological polar surface area (TPSA) is 85.5 Å². The fourth-order valence-electron chi connectivity index (χ4n) is 1.47. The van der Waals surface area contributed by atoms with Gasteiger partial charge in [-0.2, -0.15) is 0 Å². The summed E-state index contributed by atoms with van der Waals surface area (Å²) < 4.78 is 36.1. The minimum Gasteiger partial charge on any atom is -0.480 e. The summed E-state index contributed by atoms with van der Waals surface area (Å²) in [4.78, 5) is 10.2. The molecule has 1 heterocycles. The Bertz CT molecular complexity index is 615. The summed E-state index contributed by atoms with van der Waals surface area (Å²) in [5.41, 5.74) is 0.216. The van der Waals surface area contributed by atoms with Crippen LogP contribution >= 0.6 is 0 Å². The summed E-state index contributed by atoms with van der Waals surface area (Å²) in [6, 6.07) is 3.18. The number of hydrogen-bond donors (Lipinski definition) is 1. The first-order valence-electron chi connectivity index (χ1n) is 5.59. The van der Waals surface area contributed by atoms with E-state index in [0.29, 0.717) is 0 Å². The second-order valence-electron chi connectivity index (χ2n) is 3.89. The molecule has 6 nitrogen and oxygen atoms in total. The number of nitrogens with zero attached hydrogens (tertiary/aromatic N) is 2. The first-order chi connectivity index (χ1) is 9.54. The van der Waals surface area contributed by atoms with Crippen LogP contribution in [0, 0.1) is 11.6 Å². The number of carboxylic acids is 1. The monoisotopic (exact) mass is 284 g/mol. The zero-order valence-electron chi connectivity index (χ0n) is 10.2. The maximum atomic E-state index is 13.4. The molecular formula is C12H10F2N2O4. The van der Waals surface area contributed by atoms with Crippen LogP contribution in [0.4, 0.5) is 8.78 Å². The number of benzene rings is 1. The number of hydrogen-bond acceptors (Lipinski definition) is 5. The molecule has 0 unspecified atom stereocenters. The van der Waals surface area contributed by atoms with Crippen LogP contribution in [-0.2, 0) is 22.6 Å². The van der Waals surface area contributed by atoms with Crippen molar-refractivity contribution >= 4 is 5.97 Å². The molecule has 0 amide bonds. The van der Waals surface area contributed by atoms with E-state index in [1.54, 1.807) is 0 Å². The van der Waals surface area contributed by atoms with Gasteiger partial charge in [-0.3, -0.25) is 0 Å². The highest BCUT2D eigenvalue weighted by molar-refractivity contribution is 5.67. The SMILES string of the molecule is O=C(O)COCc1nnc(Cc2ccc(F)cc2F)o1. The number of aromatic nitrogens is 2. The van der Waals surface area contributed by atoms with Gasteiger partial charge in [-0.25, -0.2) is 13.6 Å². The largest absolute Gasteiger partial charge is 0.480 e. The van der Waals surface area contributed by atoms with Crippen molar-refractivity contribution in [1.82, 2.24) is 10.2 Å². The summed E-state index contributed by atoms with van der Waals surface area (Å²) >= 11 is 0. The molecule has 1 aromatic carbocycles. The van der Waals surface area contributed by atoms with Crippen molar-refractivity contribution < 1.29 is 27.8 Å². The molecule has 0 spiro atoms. The van der Waals surface area contributed by atoms with Crippen LogP contribution < -0.4 is 0 Å². The first-order valence-corrected chi connectivity index (χ1v) is 5.59. The van der Waals surface area contributed by atoms with Crippen LogP contribution in [0.2, 0.25) is 0 Å². The minimum absolute atomic E-state index is 0.0119. The summed E-state index contributed by atoms with van der Waals surface area (Å²) in [5, 5.41) is 15.7. The van der Waals surface area contributed by atoms with Crippen molar-refractivity contribution in [2.75, 3.05) is 6.61 Å². The van der Waals surface area contributed by atoms with Gasteiger partial charge in [-0.1, -0.05) is 6.07 Å². The number of carboxylic acid groups (broad SMARTS) is 1. The van der Waals surface area contributed by atoms with E-state index in [1.165, 1.54) is 6.07 Å². The van der Waals surface area contributed by atoms with Crippen molar-refractivity contribution in [3.8, 4) is 0 Å². The second kappa shape index (κ2) is 6.20. The van der Waals surface area contributed by atoms with Crippen LogP contribution in [-0.4, -0.2) is 27.9 Å². The fourth-order valence-corrected chi connectivity index (χ4v) is 1.47. The number of aliphatic carboxylic acids is 1. The Morgan fingerprint density at radius 2 is 2.05 bits per heavy atom. The first kappa shape index (κ1) is 14.1. The lowest BCUT2D eigenvalue weighted by atomic mass is 10.1. The summed E-state index contributed by atoms with van der Waals surface area (Å²) in [5.74, 6) is -2.27. The van der Waals surface area contributed by atoms with Crippen molar-refractivity contribution in [2.24, 2.45) is 0 Å². The van der Waals surface area contributed by atoms with Crippen LogP contribution in [0.1, 0.15) is 17.3 Å². The van der Waals surface area contributed by atoms with E-state index in [2.05, 4.69) is 10.2 Å². The van der Waals surface area contributed by atoms with Crippen LogP contribution in [0.25, 0.3) is 0 Å². The van der Waals surface area contributed by atoms with E-state index in [0.717, 1.165) is 12.1 Å². The van der Waals surface area contributed by atoms with Crippen LogP contribution in [0.5, 0.6) is 0 Å². The number of carbonyl (C=O) groups is 1. The maximum Gasteiger partial charge on any atom is 0.329 e. The third-order valence-corrected chi connectivity index (χ3v) is 2.32. The lowest BCUT2D eigenvalue weighted by Gasteiger charge is -1.99. The third-order valence-electron chi connectivity index (χ3n) is 2.32. The average molecular weight is 284 g/mol. The lowest BCUT2D eigenvalue weighted by molar-refractivity contribution is -0.142. The predicted molar refractivity (Wildman–Crippen MR) is 60.8 cm³/mol. The summed E-state index contributed by atoms with van der Waals surface area (Å²) in [6.45, 7) is -0.629. The van der Waals surface area contributed by atoms with Crippen molar-refractivity contribution in [1.29, 1.82) is 0 Å². The number of ether oxygens (including phenoxy) is 1. The van der Waals surface area contributed by atoms with E-state index in [1.807, 2.05) is 0 Å². The van der Waals surface area contributed by atoms with Crippen molar-refractivity contribution in [3.63, 3.8) is 0 Å². The highest BCUT2D eigenvalue weighted by Crippen LogP contribution is 2.14. The molecule has 0 atom stereocenters. The van der Waals surface area contributed by atoms with E-state index >= 15 is 0 Å². The second-order valence-corrected chi connectivity index (χ2v) is 3.89. The van der Waals surface area contributed by atoms with Crippen LogP contribution in [0.15, 0.2) is 22.6 Å². The molecule has 1 N–H and O–H groups in total. The van der Waals surface area contributed by atoms with Gasteiger partial charge in [-0.05, 0) is 11.6 Å². The quantitative estimate of drug-likeness (QED) is 0.866. The molecule has 20 heavy (non-hydrogen) atoms. The minimum atomic E-state index is -1.11. The van der Waals surface area contributed by atoms with Crippen LogP contribution in [0.3, 0.4) is 0 Å². The molecule has 0 aliphatic heterocycles. The Morgan fingerprint density at radius 3 is 2.75 bits per heavy atom. The molecule has 0 bridgehead atoms. The van der Waals surface area contributed by atoms with E-state index < -0.39 is 24.2 Å². The van der Waals surface area contributed by atoms with E-state index in [4.69, 9.17) is 14.3 Å². The van der Waals surface area contributed by atoms with Gasteiger partial charge in [0.25, 0.3) is 0 Å². The molecule has 0 saturated carbocycles.